The molecule has 0 aliphatic carbocycles. The van der Waals surface area contributed by atoms with E-state index in [0.29, 0.717) is 66.0 Å². The number of rotatable bonds is 12. The monoisotopic (exact) mass is 662 g/mol. The Hall–Kier alpha value is -5.45. The second-order valence-corrected chi connectivity index (χ2v) is 13.0. The summed E-state index contributed by atoms with van der Waals surface area (Å²) in [7, 11) is 0. The Morgan fingerprint density at radius 2 is 1.88 bits per heavy atom. The number of amides is 2. The van der Waals surface area contributed by atoms with E-state index in [-0.39, 0.29) is 29.6 Å². The Kier molecular flexibility index (Phi) is 10.1. The fraction of sp³-hybridized carbons (Fsp3) is 0.342. The van der Waals surface area contributed by atoms with Gasteiger partial charge in [-0.3, -0.25) is 14.6 Å². The minimum atomic E-state index is -0.310. The summed E-state index contributed by atoms with van der Waals surface area (Å²) in [5.74, 6) is 0.865. The zero-order valence-corrected chi connectivity index (χ0v) is 28.3. The van der Waals surface area contributed by atoms with E-state index in [1.165, 1.54) is 18.0 Å². The van der Waals surface area contributed by atoms with Crippen LogP contribution in [-0.2, 0) is 13.0 Å². The van der Waals surface area contributed by atoms with Crippen molar-refractivity contribution < 1.29 is 23.5 Å². The van der Waals surface area contributed by atoms with E-state index in [9.17, 15) is 14.7 Å². The summed E-state index contributed by atoms with van der Waals surface area (Å²) in [5.41, 5.74) is 5.79. The minimum Gasteiger partial charge on any atom is -0.506 e. The summed E-state index contributed by atoms with van der Waals surface area (Å²) >= 11 is 0. The maximum absolute atomic E-state index is 13.9. The van der Waals surface area contributed by atoms with Gasteiger partial charge < -0.3 is 29.5 Å². The summed E-state index contributed by atoms with van der Waals surface area (Å²) in [6.45, 7) is 9.16. The Labute approximate surface area is 285 Å². The fourth-order valence-corrected chi connectivity index (χ4v) is 6.09. The van der Waals surface area contributed by atoms with Crippen molar-refractivity contribution in [3.63, 3.8) is 0 Å². The second-order valence-electron chi connectivity index (χ2n) is 13.0. The minimum absolute atomic E-state index is 0.168. The number of oxazole rings is 2. The molecule has 2 aromatic carbocycles. The molecule has 3 aromatic heterocycles. The van der Waals surface area contributed by atoms with Crippen LogP contribution >= 0.6 is 0 Å². The zero-order chi connectivity index (χ0) is 34.5. The molecule has 49 heavy (non-hydrogen) atoms. The summed E-state index contributed by atoms with van der Waals surface area (Å²) in [6, 6.07) is 12.3. The van der Waals surface area contributed by atoms with Gasteiger partial charge in [0.2, 0.25) is 11.8 Å². The molecule has 254 valence electrons. The summed E-state index contributed by atoms with van der Waals surface area (Å²) < 4.78 is 11.2. The second kappa shape index (κ2) is 14.8. The highest BCUT2D eigenvalue weighted by atomic mass is 16.3. The molecule has 0 bridgehead atoms. The predicted octanol–water partition coefficient (Wildman–Crippen LogP) is 7.20. The highest BCUT2D eigenvalue weighted by Crippen LogP contribution is 2.34. The lowest BCUT2D eigenvalue weighted by atomic mass is 10.0. The average molecular weight is 663 g/mol. The number of aryl methyl sites for hydroxylation is 2. The maximum Gasteiger partial charge on any atom is 0.254 e. The zero-order valence-electron chi connectivity index (χ0n) is 28.3. The van der Waals surface area contributed by atoms with Crippen LogP contribution in [0.25, 0.3) is 11.5 Å². The van der Waals surface area contributed by atoms with Crippen molar-refractivity contribution in [3.05, 3.63) is 113 Å². The molecule has 1 aliphatic heterocycles. The number of phenolic OH excluding ortho intramolecular Hbond substituents is 1. The first-order valence-electron chi connectivity index (χ1n) is 16.7. The van der Waals surface area contributed by atoms with Crippen LogP contribution in [0.4, 0.5) is 5.69 Å². The van der Waals surface area contributed by atoms with Gasteiger partial charge in [0.1, 0.15) is 24.3 Å². The topological polar surface area (TPSA) is 147 Å². The Bertz CT molecular complexity index is 1920. The first-order chi connectivity index (χ1) is 23.6. The van der Waals surface area contributed by atoms with Crippen molar-refractivity contribution in [3.8, 4) is 17.2 Å². The van der Waals surface area contributed by atoms with Gasteiger partial charge in [0.15, 0.2) is 0 Å². The molecule has 2 amide bonds. The maximum atomic E-state index is 13.9. The van der Waals surface area contributed by atoms with Crippen molar-refractivity contribution >= 4 is 17.5 Å². The number of nitrogens with zero attached hydrogens (tertiary/aromatic N) is 4. The van der Waals surface area contributed by atoms with Gasteiger partial charge in [-0.05, 0) is 92.5 Å². The number of anilines is 1. The number of benzene rings is 2. The summed E-state index contributed by atoms with van der Waals surface area (Å²) in [6.07, 6.45) is 11.1. The fourth-order valence-electron chi connectivity index (χ4n) is 6.09. The molecule has 0 spiro atoms. The van der Waals surface area contributed by atoms with Crippen molar-refractivity contribution in [2.24, 2.45) is 0 Å². The van der Waals surface area contributed by atoms with E-state index >= 15 is 0 Å². The summed E-state index contributed by atoms with van der Waals surface area (Å²) in [4.78, 5) is 42.2. The largest absolute Gasteiger partial charge is 0.506 e. The standard InChI is InChI=1S/C38H42N6O5/c1-23(2)31-14-27(19-39-21-31)20-41-32-10-9-26(15-34(32)45)8-7-24(3)42-35(46)28-16-29(36-40-11-13-48-36)18-30(17-28)38(47)44-12-5-6-33(44)37-43-25(4)22-49-37/h9-11,13-19,21-24,33,41,45H,5-8,12,20H2,1-4H3,(H,42,46)/t24-,33+/m0/s1. The van der Waals surface area contributed by atoms with Crippen LogP contribution in [0.2, 0.25) is 0 Å². The molecule has 6 rings (SSSR count). The van der Waals surface area contributed by atoms with Crippen molar-refractivity contribution in [1.29, 1.82) is 0 Å². The van der Waals surface area contributed by atoms with Gasteiger partial charge in [0.25, 0.3) is 11.8 Å². The number of aromatic hydroxyl groups is 1. The number of carbonyl (C=O) groups is 2. The molecule has 5 aromatic rings. The lowest BCUT2D eigenvalue weighted by molar-refractivity contribution is 0.0715. The smallest absolute Gasteiger partial charge is 0.254 e. The van der Waals surface area contributed by atoms with Gasteiger partial charge in [-0.2, -0.15) is 0 Å². The van der Waals surface area contributed by atoms with Gasteiger partial charge in [-0.25, -0.2) is 9.97 Å². The van der Waals surface area contributed by atoms with Gasteiger partial charge in [-0.15, -0.1) is 0 Å². The quantitative estimate of drug-likeness (QED) is 0.118. The predicted molar refractivity (Wildman–Crippen MR) is 185 cm³/mol. The van der Waals surface area contributed by atoms with E-state index in [2.05, 4.69) is 45.5 Å². The van der Waals surface area contributed by atoms with E-state index in [1.54, 1.807) is 35.4 Å². The van der Waals surface area contributed by atoms with Crippen LogP contribution in [0.1, 0.15) is 101 Å². The first kappa shape index (κ1) is 33.5. The van der Waals surface area contributed by atoms with E-state index in [4.69, 9.17) is 8.83 Å². The molecule has 0 radical (unpaired) electrons. The molecule has 0 unspecified atom stereocenters. The number of likely N-dealkylation sites (tertiary alicyclic amines) is 1. The van der Waals surface area contributed by atoms with Crippen LogP contribution in [0.5, 0.6) is 5.75 Å². The third-order valence-electron chi connectivity index (χ3n) is 8.83. The van der Waals surface area contributed by atoms with Gasteiger partial charge in [0.05, 0.1) is 17.6 Å². The number of pyridine rings is 1. The Morgan fingerprint density at radius 1 is 1.04 bits per heavy atom. The molecule has 0 saturated carbocycles. The van der Waals surface area contributed by atoms with E-state index in [1.807, 2.05) is 38.4 Å². The number of nitrogens with one attached hydrogen (secondary N) is 2. The number of hydrogen-bond acceptors (Lipinski definition) is 9. The average Bonchev–Trinajstić information content (AvgIpc) is 3.89. The SMILES string of the molecule is Cc1coc([C@H]2CCCN2C(=O)c2cc(C(=O)N[C@@H](C)CCc3ccc(NCc4cncc(C(C)C)c4)c(O)c3)cc(-c3ncco3)c2)n1. The molecular weight excluding hydrogens is 620 g/mol. The van der Waals surface area contributed by atoms with E-state index < -0.39 is 0 Å². The normalized spacial score (nSPS) is 15.0. The molecule has 4 heterocycles. The molecule has 1 aliphatic rings. The molecule has 1 saturated heterocycles. The van der Waals surface area contributed by atoms with Gasteiger partial charge in [-0.1, -0.05) is 26.0 Å². The van der Waals surface area contributed by atoms with Gasteiger partial charge in [0, 0.05) is 48.2 Å². The summed E-state index contributed by atoms with van der Waals surface area (Å²) in [5, 5.41) is 17.1. The molecule has 1 fully saturated rings. The lowest BCUT2D eigenvalue weighted by Gasteiger charge is -2.23. The molecule has 11 nitrogen and oxygen atoms in total. The third kappa shape index (κ3) is 7.99. The van der Waals surface area contributed by atoms with Crippen LogP contribution < -0.4 is 10.6 Å². The Balaban J connectivity index is 1.10. The van der Waals surface area contributed by atoms with E-state index in [0.717, 1.165) is 29.7 Å². The van der Waals surface area contributed by atoms with Crippen molar-refractivity contribution in [1.82, 2.24) is 25.2 Å². The lowest BCUT2D eigenvalue weighted by Crippen LogP contribution is -2.34. The molecular formula is C38H42N6O5. The third-order valence-corrected chi connectivity index (χ3v) is 8.83. The van der Waals surface area contributed by atoms with Crippen molar-refractivity contribution in [2.75, 3.05) is 11.9 Å². The molecule has 11 heteroatoms. The van der Waals surface area contributed by atoms with Crippen LogP contribution in [0.15, 0.2) is 82.4 Å². The number of carbonyl (C=O) groups excluding carboxylic acids is 2. The Morgan fingerprint density at radius 3 is 2.61 bits per heavy atom. The highest BCUT2D eigenvalue weighted by Gasteiger charge is 2.34. The highest BCUT2D eigenvalue weighted by molar-refractivity contribution is 6.01. The number of hydrogen-bond donors (Lipinski definition) is 3. The number of aromatic nitrogens is 3. The molecule has 3 N–H and O–H groups in total. The van der Waals surface area contributed by atoms with Crippen LogP contribution in [0.3, 0.4) is 0 Å². The van der Waals surface area contributed by atoms with Crippen molar-refractivity contribution in [2.45, 2.75) is 77.9 Å². The van der Waals surface area contributed by atoms with Crippen LogP contribution in [-0.4, -0.2) is 49.4 Å². The van der Waals surface area contributed by atoms with Crippen LogP contribution in [0, 0.1) is 6.92 Å². The van der Waals surface area contributed by atoms with Gasteiger partial charge >= 0.3 is 0 Å². The number of phenols is 1. The first-order valence-corrected chi connectivity index (χ1v) is 16.7. The molecule has 2 atom stereocenters.